The highest BCUT2D eigenvalue weighted by Crippen LogP contribution is 2.59. The average molecular weight is 1100 g/mol. The van der Waals surface area contributed by atoms with Crippen molar-refractivity contribution in [3.05, 3.63) is 93.4 Å². The van der Waals surface area contributed by atoms with E-state index in [-0.39, 0.29) is 73.6 Å². The van der Waals surface area contributed by atoms with E-state index in [1.807, 2.05) is 11.0 Å². The number of alkyl halides is 2. The topological polar surface area (TPSA) is 280 Å². The van der Waals surface area contributed by atoms with Crippen molar-refractivity contribution in [1.82, 2.24) is 40.5 Å². The lowest BCUT2D eigenvalue weighted by atomic mass is 10.0. The number of nitrogens with one attached hydrogen (secondary N) is 4. The van der Waals surface area contributed by atoms with Crippen LogP contribution < -0.4 is 31.3 Å². The van der Waals surface area contributed by atoms with E-state index in [1.165, 1.54) is 21.9 Å². The standard InChI is InChI=1S/C50H57ClF3N10O11P/c1-60-14-13-32-7-9-39(64(32)48(70)36(25-60)58-45(67)35-22-28-21-30(5-8-34(28)57-35)50(53,54)76(72,73)74)47(69)56-31(6-11-41(55)65)26-75-40-4-2-3-37(44(40)51)62-17-15-61(16-18-62)23-27-19-29-24-63(49(71)43(29)33(52)20-27)38-10-12-42(66)59-46(38)68/h2-5,8,19-22,31-32,36,38-39,57H,6-7,9-18,23-26H2,1H3,(H2,55,65)(H,56,69)(H,58,67)(H,59,66,68)(H2,72,73,74)/t31-,32+,36-,38?,39-/m0/s1. The zero-order valence-electron chi connectivity index (χ0n) is 41.2. The molecule has 21 nitrogen and oxygen atoms in total. The fraction of sp³-hybridized carbons (Fsp3) is 0.460. The smallest absolute Gasteiger partial charge is 0.399 e. The molecule has 0 saturated carbocycles. The molecule has 5 aliphatic rings. The van der Waals surface area contributed by atoms with E-state index < -0.39 is 90.2 Å². The molecule has 0 aliphatic carbocycles. The first-order chi connectivity index (χ1) is 36.1. The first kappa shape index (κ1) is 54.2. The van der Waals surface area contributed by atoms with Crippen LogP contribution in [0.15, 0.2) is 54.6 Å². The summed E-state index contributed by atoms with van der Waals surface area (Å²) < 4.78 is 62.2. The predicted octanol–water partition coefficient (Wildman–Crippen LogP) is 2.89. The van der Waals surface area contributed by atoms with E-state index in [2.05, 4.69) is 30.7 Å². The second-order valence-electron chi connectivity index (χ2n) is 20.0. The van der Waals surface area contributed by atoms with E-state index in [4.69, 9.17) is 22.1 Å². The lowest BCUT2D eigenvalue weighted by Crippen LogP contribution is -2.60. The third-order valence-corrected chi connectivity index (χ3v) is 16.2. The maximum absolute atomic E-state index is 15.5. The number of hydrogen-bond acceptors (Lipinski definition) is 12. The summed E-state index contributed by atoms with van der Waals surface area (Å²) in [6.45, 7) is 3.19. The molecular formula is C50H57ClF3N10O11P. The second-order valence-corrected chi connectivity index (χ2v) is 22.1. The normalized spacial score (nSPS) is 22.2. The number of nitrogens with zero attached hydrogens (tertiary/aromatic N) is 5. The van der Waals surface area contributed by atoms with Crippen LogP contribution in [0, 0.1) is 5.82 Å². The Kier molecular flexibility index (Phi) is 15.6. The van der Waals surface area contributed by atoms with Crippen molar-refractivity contribution in [2.24, 2.45) is 5.73 Å². The summed E-state index contributed by atoms with van der Waals surface area (Å²) in [6.07, 6.45) is 1.60. The molecule has 7 amide bonds. The van der Waals surface area contributed by atoms with Crippen LogP contribution >= 0.6 is 19.2 Å². The van der Waals surface area contributed by atoms with Crippen molar-refractivity contribution in [2.45, 2.75) is 93.9 Å². The summed E-state index contributed by atoms with van der Waals surface area (Å²) >= 11 is 6.98. The van der Waals surface area contributed by atoms with Gasteiger partial charge in [0.2, 0.25) is 29.5 Å². The minimum absolute atomic E-state index is 0.0586. The Bertz CT molecular complexity index is 3040. The van der Waals surface area contributed by atoms with E-state index in [0.717, 1.165) is 18.2 Å². The number of halogens is 4. The number of H-pyrrole nitrogens is 1. The monoisotopic (exact) mass is 1100 g/mol. The summed E-state index contributed by atoms with van der Waals surface area (Å²) in [6, 6.07) is 8.45. The van der Waals surface area contributed by atoms with E-state index in [1.54, 1.807) is 25.2 Å². The van der Waals surface area contributed by atoms with Crippen molar-refractivity contribution >= 4 is 77.1 Å². The molecule has 9 rings (SSSR count). The van der Waals surface area contributed by atoms with Crippen LogP contribution in [-0.4, -0.2) is 159 Å². The van der Waals surface area contributed by atoms with Gasteiger partial charge in [0.05, 0.1) is 17.3 Å². The molecule has 5 aliphatic heterocycles. The summed E-state index contributed by atoms with van der Waals surface area (Å²) in [7, 11) is -4.07. The molecule has 5 atom stereocenters. The summed E-state index contributed by atoms with van der Waals surface area (Å²) in [4.78, 5) is 122. The van der Waals surface area contributed by atoms with Crippen molar-refractivity contribution in [1.29, 1.82) is 0 Å². The number of likely N-dealkylation sites (N-methyl/N-ethyl adjacent to an activating group) is 1. The summed E-state index contributed by atoms with van der Waals surface area (Å²) in [5.41, 5.74) is 2.02. The molecule has 0 radical (unpaired) electrons. The quantitative estimate of drug-likeness (QED) is 0.0628. The van der Waals surface area contributed by atoms with Gasteiger partial charge in [-0.3, -0.25) is 48.3 Å². The molecule has 76 heavy (non-hydrogen) atoms. The van der Waals surface area contributed by atoms with E-state index >= 15 is 4.39 Å². The molecule has 6 heterocycles. The minimum Gasteiger partial charge on any atom is -0.490 e. The Morgan fingerprint density at radius 3 is 2.47 bits per heavy atom. The summed E-state index contributed by atoms with van der Waals surface area (Å²) in [5, 5.41) is 8.33. The highest BCUT2D eigenvalue weighted by Gasteiger charge is 2.51. The molecular weight excluding hydrogens is 1040 g/mol. The van der Waals surface area contributed by atoms with Crippen molar-refractivity contribution < 1.29 is 65.8 Å². The van der Waals surface area contributed by atoms with Crippen molar-refractivity contribution in [3.8, 4) is 5.75 Å². The Morgan fingerprint density at radius 2 is 1.75 bits per heavy atom. The number of primary amides is 1. The first-order valence-electron chi connectivity index (χ1n) is 24.9. The highest BCUT2D eigenvalue weighted by molar-refractivity contribution is 7.52. The zero-order valence-corrected chi connectivity index (χ0v) is 42.9. The number of carbonyl (C=O) groups is 7. The maximum atomic E-state index is 15.5. The van der Waals surface area contributed by atoms with Gasteiger partial charge in [-0.05, 0) is 93.2 Å². The lowest BCUT2D eigenvalue weighted by molar-refractivity contribution is -0.143. The van der Waals surface area contributed by atoms with Crippen LogP contribution in [0.5, 0.6) is 5.75 Å². The lowest BCUT2D eigenvalue weighted by Gasteiger charge is -2.38. The molecule has 4 aromatic rings. The number of imide groups is 1. The van der Waals surface area contributed by atoms with Crippen LogP contribution in [0.2, 0.25) is 5.02 Å². The average Bonchev–Trinajstić information content (AvgIpc) is 4.10. The van der Waals surface area contributed by atoms with Crippen LogP contribution in [-0.2, 0) is 47.3 Å². The SMILES string of the molecule is CN1CC[C@H]2CC[C@@H](C(=O)N[C@@H](CCC(N)=O)COc3cccc(N4CCN(Cc5cc(F)c6c(c5)CN(C5CCC(=O)NC5=O)C6=O)CC4)c3Cl)N2C(=O)[C@@H](NC(=O)c2cc3cc(C(F)(F)P(=O)(O)O)ccc3[nH]2)C1. The largest absolute Gasteiger partial charge is 0.490 e. The zero-order chi connectivity index (χ0) is 54.4. The molecule has 26 heteroatoms. The highest BCUT2D eigenvalue weighted by atomic mass is 35.5. The number of ether oxygens (including phenoxy) is 1. The van der Waals surface area contributed by atoms with Gasteiger partial charge < -0.3 is 55.5 Å². The second kappa shape index (κ2) is 21.8. The molecule has 1 aromatic heterocycles. The van der Waals surface area contributed by atoms with Crippen LogP contribution in [0.1, 0.15) is 82.5 Å². The van der Waals surface area contributed by atoms with Gasteiger partial charge in [0.15, 0.2) is 0 Å². The molecule has 0 spiro atoms. The number of amides is 7. The Morgan fingerprint density at radius 1 is 0.987 bits per heavy atom. The van der Waals surface area contributed by atoms with E-state index in [9.17, 15) is 56.7 Å². The molecule has 3 aromatic carbocycles. The third kappa shape index (κ3) is 11.3. The van der Waals surface area contributed by atoms with Crippen LogP contribution in [0.3, 0.4) is 0 Å². The number of aromatic amines is 1. The van der Waals surface area contributed by atoms with E-state index in [0.29, 0.717) is 86.1 Å². The fourth-order valence-electron chi connectivity index (χ4n) is 10.8. The van der Waals surface area contributed by atoms with Crippen molar-refractivity contribution in [3.63, 3.8) is 0 Å². The first-order valence-corrected chi connectivity index (χ1v) is 26.9. The van der Waals surface area contributed by atoms with Gasteiger partial charge in [-0.15, -0.1) is 0 Å². The van der Waals surface area contributed by atoms with Gasteiger partial charge in [0.25, 0.3) is 11.8 Å². The van der Waals surface area contributed by atoms with Gasteiger partial charge in [0.1, 0.15) is 47.0 Å². The molecule has 1 unspecified atom stereocenters. The summed E-state index contributed by atoms with van der Waals surface area (Å²) in [5.74, 6) is -4.30. The Balaban J connectivity index is 0.818. The number of hydrogen-bond donors (Lipinski definition) is 7. The number of anilines is 1. The number of piperazine rings is 1. The fourth-order valence-corrected chi connectivity index (χ4v) is 11.6. The Labute approximate surface area is 438 Å². The molecule has 4 fully saturated rings. The third-order valence-electron chi connectivity index (χ3n) is 14.8. The van der Waals surface area contributed by atoms with Gasteiger partial charge in [-0.1, -0.05) is 29.8 Å². The molecule has 0 bridgehead atoms. The van der Waals surface area contributed by atoms with Gasteiger partial charge in [0, 0.05) is 81.2 Å². The van der Waals surface area contributed by atoms with Crippen molar-refractivity contribution in [2.75, 3.05) is 57.8 Å². The number of piperidine rings is 1. The number of fused-ring (bicyclic) bond motifs is 3. The van der Waals surface area contributed by atoms with Gasteiger partial charge >= 0.3 is 13.3 Å². The maximum Gasteiger partial charge on any atom is 0.399 e. The number of nitrogens with two attached hydrogens (primary N) is 1. The van der Waals surface area contributed by atoms with Crippen LogP contribution in [0.4, 0.5) is 18.9 Å². The molecule has 8 N–H and O–H groups in total. The number of benzene rings is 3. The van der Waals surface area contributed by atoms with Crippen LogP contribution in [0.25, 0.3) is 10.9 Å². The number of rotatable bonds is 16. The number of aromatic nitrogens is 1. The molecule has 4 saturated heterocycles. The number of carbonyl (C=O) groups excluding carboxylic acids is 7. The minimum atomic E-state index is -5.86. The Hall–Kier alpha value is -6.56. The van der Waals surface area contributed by atoms with Gasteiger partial charge in [-0.25, -0.2) is 4.39 Å². The van der Waals surface area contributed by atoms with Gasteiger partial charge in [-0.2, -0.15) is 8.78 Å². The predicted molar refractivity (Wildman–Crippen MR) is 269 cm³/mol. The molecule has 406 valence electrons.